The highest BCUT2D eigenvalue weighted by atomic mass is 35.5. The largest absolute Gasteiger partial charge is 0.361 e. The van der Waals surface area contributed by atoms with Gasteiger partial charge in [0, 0.05) is 34.1 Å². The van der Waals surface area contributed by atoms with Crippen LogP contribution in [0.4, 0.5) is 5.69 Å². The molecule has 29 heavy (non-hydrogen) atoms. The Morgan fingerprint density at radius 1 is 0.966 bits per heavy atom. The molecule has 4 rings (SSSR count). The lowest BCUT2D eigenvalue weighted by molar-refractivity contribution is 0.103. The number of hydrogen-bond donors (Lipinski definition) is 1. The van der Waals surface area contributed by atoms with Gasteiger partial charge < -0.3 is 5.32 Å². The number of hydrogen-bond acceptors (Lipinski definition) is 5. The van der Waals surface area contributed by atoms with Crippen molar-refractivity contribution in [1.82, 2.24) is 20.2 Å². The number of ketones is 1. The van der Waals surface area contributed by atoms with Gasteiger partial charge in [-0.25, -0.2) is 0 Å². The number of anilines is 1. The Morgan fingerprint density at radius 2 is 1.69 bits per heavy atom. The van der Waals surface area contributed by atoms with Gasteiger partial charge in [0.15, 0.2) is 11.6 Å². The Morgan fingerprint density at radius 3 is 2.45 bits per heavy atom. The number of nitrogens with one attached hydrogen (secondary N) is 1. The molecule has 0 aliphatic rings. The van der Waals surface area contributed by atoms with E-state index in [9.17, 15) is 4.79 Å². The first-order valence-corrected chi connectivity index (χ1v) is 9.26. The van der Waals surface area contributed by atoms with Gasteiger partial charge in [0.2, 0.25) is 0 Å². The number of rotatable bonds is 6. The van der Waals surface area contributed by atoms with Crippen LogP contribution in [0.1, 0.15) is 21.7 Å². The van der Waals surface area contributed by atoms with E-state index >= 15 is 0 Å². The SMILES string of the molecule is O=C(c1ccccc1)c1cc(Cl)ccc1N/C=C\c1nnnn1-c1ccccc1. The van der Waals surface area contributed by atoms with Crippen molar-refractivity contribution in [3.63, 3.8) is 0 Å². The third-order valence-corrected chi connectivity index (χ3v) is 4.46. The second kappa shape index (κ2) is 8.50. The van der Waals surface area contributed by atoms with E-state index < -0.39 is 0 Å². The van der Waals surface area contributed by atoms with Gasteiger partial charge in [-0.1, -0.05) is 60.1 Å². The van der Waals surface area contributed by atoms with Crippen LogP contribution in [0, 0.1) is 0 Å². The van der Waals surface area contributed by atoms with E-state index in [1.165, 1.54) is 0 Å². The topological polar surface area (TPSA) is 72.7 Å². The van der Waals surface area contributed by atoms with Crippen molar-refractivity contribution in [2.45, 2.75) is 0 Å². The van der Waals surface area contributed by atoms with Gasteiger partial charge in [-0.15, -0.1) is 5.10 Å². The summed E-state index contributed by atoms with van der Waals surface area (Å²) in [5, 5.41) is 15.4. The minimum Gasteiger partial charge on any atom is -0.361 e. The summed E-state index contributed by atoms with van der Waals surface area (Å²) in [5.74, 6) is 0.437. The normalized spacial score (nSPS) is 10.9. The number of tetrazole rings is 1. The number of aromatic nitrogens is 4. The predicted molar refractivity (Wildman–Crippen MR) is 113 cm³/mol. The second-order valence-corrected chi connectivity index (χ2v) is 6.58. The molecule has 0 atom stereocenters. The summed E-state index contributed by atoms with van der Waals surface area (Å²) in [4.78, 5) is 12.9. The van der Waals surface area contributed by atoms with Crippen molar-refractivity contribution in [2.24, 2.45) is 0 Å². The standard InChI is InChI=1S/C22H16ClN5O/c23-17-11-12-20(19(15-17)22(29)16-7-3-1-4-8-16)24-14-13-21-25-26-27-28(21)18-9-5-2-6-10-18/h1-15,24H/b14-13-. The fraction of sp³-hybridized carbons (Fsp3) is 0. The number of benzene rings is 3. The zero-order chi connectivity index (χ0) is 20.1. The summed E-state index contributed by atoms with van der Waals surface area (Å²) < 4.78 is 1.62. The molecule has 1 N–H and O–H groups in total. The smallest absolute Gasteiger partial charge is 0.195 e. The molecule has 0 spiro atoms. The van der Waals surface area contributed by atoms with Crippen LogP contribution in [-0.4, -0.2) is 26.0 Å². The highest BCUT2D eigenvalue weighted by Crippen LogP contribution is 2.24. The monoisotopic (exact) mass is 401 g/mol. The Hall–Kier alpha value is -3.77. The summed E-state index contributed by atoms with van der Waals surface area (Å²) in [5.41, 5.74) is 2.56. The molecule has 1 heterocycles. The average Bonchev–Trinajstić information content (AvgIpc) is 3.24. The third-order valence-electron chi connectivity index (χ3n) is 4.23. The molecule has 0 aliphatic carbocycles. The molecule has 7 heteroatoms. The quantitative estimate of drug-likeness (QED) is 0.477. The van der Waals surface area contributed by atoms with Gasteiger partial charge in [0.25, 0.3) is 0 Å². The maximum Gasteiger partial charge on any atom is 0.195 e. The van der Waals surface area contributed by atoms with E-state index in [0.717, 1.165) is 5.69 Å². The molecule has 4 aromatic rings. The van der Waals surface area contributed by atoms with E-state index in [-0.39, 0.29) is 5.78 Å². The molecule has 0 bridgehead atoms. The third kappa shape index (κ3) is 4.23. The number of halogens is 1. The summed E-state index contributed by atoms with van der Waals surface area (Å²) in [6.07, 6.45) is 3.43. The maximum atomic E-state index is 12.9. The molecule has 3 aromatic carbocycles. The number of carbonyl (C=O) groups is 1. The lowest BCUT2D eigenvalue weighted by atomic mass is 10.0. The van der Waals surface area contributed by atoms with Gasteiger partial charge in [0.05, 0.1) is 5.69 Å². The van der Waals surface area contributed by atoms with Crippen molar-refractivity contribution in [3.05, 3.63) is 107 Å². The molecule has 142 valence electrons. The molecule has 1 aromatic heterocycles. The fourth-order valence-electron chi connectivity index (χ4n) is 2.83. The highest BCUT2D eigenvalue weighted by Gasteiger charge is 2.14. The van der Waals surface area contributed by atoms with Gasteiger partial charge in [0.1, 0.15) is 0 Å². The van der Waals surface area contributed by atoms with Gasteiger partial charge in [-0.05, 0) is 40.8 Å². The summed E-state index contributed by atoms with van der Waals surface area (Å²) in [6.45, 7) is 0. The molecule has 0 radical (unpaired) electrons. The molecule has 0 unspecified atom stereocenters. The van der Waals surface area contributed by atoms with Crippen LogP contribution in [0.5, 0.6) is 0 Å². The molecular formula is C22H16ClN5O. The maximum absolute atomic E-state index is 12.9. The minimum atomic E-state index is -0.113. The molecule has 0 fully saturated rings. The van der Waals surface area contributed by atoms with Crippen LogP contribution in [0.15, 0.2) is 85.1 Å². The lowest BCUT2D eigenvalue weighted by Crippen LogP contribution is -2.05. The first kappa shape index (κ1) is 18.6. The first-order valence-electron chi connectivity index (χ1n) is 8.88. The number of nitrogens with zero attached hydrogens (tertiary/aromatic N) is 4. The molecule has 0 saturated carbocycles. The van der Waals surface area contributed by atoms with E-state index in [2.05, 4.69) is 20.8 Å². The minimum absolute atomic E-state index is 0.113. The Kier molecular flexibility index (Phi) is 5.45. The van der Waals surface area contributed by atoms with E-state index in [4.69, 9.17) is 11.6 Å². The van der Waals surface area contributed by atoms with Gasteiger partial charge in [-0.3, -0.25) is 4.79 Å². The Bertz CT molecular complexity index is 1160. The highest BCUT2D eigenvalue weighted by molar-refractivity contribution is 6.31. The second-order valence-electron chi connectivity index (χ2n) is 6.15. The number of carbonyl (C=O) groups excluding carboxylic acids is 1. The molecular weight excluding hydrogens is 386 g/mol. The Balaban J connectivity index is 1.59. The Labute approximate surface area is 172 Å². The molecule has 0 saturated heterocycles. The van der Waals surface area contributed by atoms with Gasteiger partial charge in [-0.2, -0.15) is 4.68 Å². The first-order chi connectivity index (χ1) is 14.2. The van der Waals surface area contributed by atoms with Crippen molar-refractivity contribution in [2.75, 3.05) is 5.32 Å². The molecule has 0 aliphatic heterocycles. The summed E-state index contributed by atoms with van der Waals surface area (Å²) in [7, 11) is 0. The molecule has 0 amide bonds. The zero-order valence-corrected chi connectivity index (χ0v) is 16.0. The molecule has 6 nitrogen and oxygen atoms in total. The van der Waals surface area contributed by atoms with E-state index in [1.54, 1.807) is 47.3 Å². The van der Waals surface area contributed by atoms with Crippen LogP contribution in [-0.2, 0) is 0 Å². The number of para-hydroxylation sites is 1. The van der Waals surface area contributed by atoms with E-state index in [1.807, 2.05) is 48.5 Å². The summed E-state index contributed by atoms with van der Waals surface area (Å²) >= 11 is 6.12. The predicted octanol–water partition coefficient (Wildman–Crippen LogP) is 4.63. The van der Waals surface area contributed by atoms with Crippen LogP contribution in [0.25, 0.3) is 11.8 Å². The van der Waals surface area contributed by atoms with Crippen molar-refractivity contribution < 1.29 is 4.79 Å². The van der Waals surface area contributed by atoms with Crippen LogP contribution in [0.2, 0.25) is 5.02 Å². The van der Waals surface area contributed by atoms with Crippen molar-refractivity contribution in [3.8, 4) is 5.69 Å². The summed E-state index contributed by atoms with van der Waals surface area (Å²) in [6, 6.07) is 23.8. The average molecular weight is 402 g/mol. The van der Waals surface area contributed by atoms with Crippen molar-refractivity contribution >= 4 is 29.1 Å². The van der Waals surface area contributed by atoms with Crippen molar-refractivity contribution in [1.29, 1.82) is 0 Å². The van der Waals surface area contributed by atoms with Crippen LogP contribution in [0.3, 0.4) is 0 Å². The van der Waals surface area contributed by atoms with Gasteiger partial charge >= 0.3 is 0 Å². The van der Waals surface area contributed by atoms with Crippen LogP contribution < -0.4 is 5.32 Å². The van der Waals surface area contributed by atoms with E-state index in [0.29, 0.717) is 27.7 Å². The fourth-order valence-corrected chi connectivity index (χ4v) is 3.00. The lowest BCUT2D eigenvalue weighted by Gasteiger charge is -2.09. The van der Waals surface area contributed by atoms with Crippen LogP contribution >= 0.6 is 11.6 Å². The zero-order valence-electron chi connectivity index (χ0n) is 15.2.